The van der Waals surface area contributed by atoms with Gasteiger partial charge in [0.1, 0.15) is 5.75 Å². The van der Waals surface area contributed by atoms with Crippen LogP contribution in [0.1, 0.15) is 17.2 Å². The van der Waals surface area contributed by atoms with E-state index in [1.807, 2.05) is 54.6 Å². The maximum Gasteiger partial charge on any atom is 0.226 e. The van der Waals surface area contributed by atoms with Crippen LogP contribution in [0.5, 0.6) is 5.75 Å². The topological polar surface area (TPSA) is 62.4 Å². The van der Waals surface area contributed by atoms with Gasteiger partial charge in [-0.1, -0.05) is 48.5 Å². The summed E-state index contributed by atoms with van der Waals surface area (Å²) in [6.45, 7) is 1.07. The first-order valence-electron chi connectivity index (χ1n) is 7.72. The molecule has 3 rings (SSSR count). The second-order valence-electron chi connectivity index (χ2n) is 5.55. The zero-order chi connectivity index (χ0) is 16.1. The van der Waals surface area contributed by atoms with Crippen molar-refractivity contribution in [1.29, 1.82) is 0 Å². The van der Waals surface area contributed by atoms with Crippen molar-refractivity contribution in [3.05, 3.63) is 65.7 Å². The van der Waals surface area contributed by atoms with Gasteiger partial charge in [-0.3, -0.25) is 10.2 Å². The number of carbonyl (C=O) groups excluding carboxylic acids is 1. The molecule has 0 aromatic heterocycles. The third-order valence-corrected chi connectivity index (χ3v) is 4.12. The van der Waals surface area contributed by atoms with Gasteiger partial charge in [0.2, 0.25) is 5.91 Å². The molecule has 2 aromatic carbocycles. The number of hydrazine groups is 1. The lowest BCUT2D eigenvalue weighted by molar-refractivity contribution is -0.125. The predicted octanol–water partition coefficient (Wildman–Crippen LogP) is 1.78. The van der Waals surface area contributed by atoms with Crippen molar-refractivity contribution in [2.75, 3.05) is 13.7 Å². The highest BCUT2D eigenvalue weighted by Gasteiger charge is 2.33. The van der Waals surface area contributed by atoms with Crippen LogP contribution in [0.25, 0.3) is 0 Å². The minimum atomic E-state index is -0.146. The molecular formula is C18H21N3O2. The molecular weight excluding hydrogens is 290 g/mol. The highest BCUT2D eigenvalue weighted by Crippen LogP contribution is 2.25. The average Bonchev–Trinajstić information content (AvgIpc) is 3.10. The smallest absolute Gasteiger partial charge is 0.226 e. The maximum absolute atomic E-state index is 12.6. The van der Waals surface area contributed by atoms with Crippen molar-refractivity contribution < 1.29 is 9.53 Å². The Hall–Kier alpha value is -2.37. The molecule has 0 aliphatic carbocycles. The Kier molecular flexibility index (Phi) is 4.90. The Bertz CT molecular complexity index is 660. The summed E-state index contributed by atoms with van der Waals surface area (Å²) in [5.41, 5.74) is 8.35. The summed E-state index contributed by atoms with van der Waals surface area (Å²) in [7, 11) is 1.64. The Balaban J connectivity index is 1.66. The fraction of sp³-hybridized carbons (Fsp3) is 0.278. The molecule has 1 amide bonds. The summed E-state index contributed by atoms with van der Waals surface area (Å²) in [4.78, 5) is 12.6. The molecule has 1 fully saturated rings. The summed E-state index contributed by atoms with van der Waals surface area (Å²) in [5, 5.41) is 3.02. The SMILES string of the molecule is COc1ccccc1CNC(=O)C1CNNC1c1ccccc1. The van der Waals surface area contributed by atoms with Gasteiger partial charge in [0.15, 0.2) is 0 Å². The van der Waals surface area contributed by atoms with E-state index in [1.54, 1.807) is 7.11 Å². The van der Waals surface area contributed by atoms with E-state index in [0.29, 0.717) is 13.1 Å². The van der Waals surface area contributed by atoms with Crippen molar-refractivity contribution >= 4 is 5.91 Å². The zero-order valence-corrected chi connectivity index (χ0v) is 13.1. The second-order valence-corrected chi connectivity index (χ2v) is 5.55. The molecule has 120 valence electrons. The number of hydrogen-bond donors (Lipinski definition) is 3. The van der Waals surface area contributed by atoms with Crippen LogP contribution in [-0.4, -0.2) is 19.6 Å². The first kappa shape index (κ1) is 15.5. The third-order valence-electron chi connectivity index (χ3n) is 4.12. The van der Waals surface area contributed by atoms with Crippen molar-refractivity contribution in [1.82, 2.24) is 16.2 Å². The lowest BCUT2D eigenvalue weighted by Crippen LogP contribution is -2.34. The van der Waals surface area contributed by atoms with E-state index in [2.05, 4.69) is 16.2 Å². The molecule has 0 spiro atoms. The Morgan fingerprint density at radius 1 is 1.17 bits per heavy atom. The van der Waals surface area contributed by atoms with E-state index in [4.69, 9.17) is 4.74 Å². The van der Waals surface area contributed by atoms with Gasteiger partial charge in [0.05, 0.1) is 19.1 Å². The number of nitrogens with one attached hydrogen (secondary N) is 3. The van der Waals surface area contributed by atoms with Crippen LogP contribution in [0.15, 0.2) is 54.6 Å². The van der Waals surface area contributed by atoms with Crippen molar-refractivity contribution in [2.45, 2.75) is 12.6 Å². The fourth-order valence-electron chi connectivity index (χ4n) is 2.88. The molecule has 1 saturated heterocycles. The number of methoxy groups -OCH3 is 1. The number of ether oxygens (including phenoxy) is 1. The Morgan fingerprint density at radius 2 is 1.91 bits per heavy atom. The molecule has 1 aliphatic rings. The van der Waals surface area contributed by atoms with Crippen LogP contribution in [0.2, 0.25) is 0 Å². The minimum Gasteiger partial charge on any atom is -0.496 e. The van der Waals surface area contributed by atoms with E-state index in [0.717, 1.165) is 16.9 Å². The minimum absolute atomic E-state index is 0.0196. The number of para-hydroxylation sites is 1. The van der Waals surface area contributed by atoms with E-state index >= 15 is 0 Å². The normalized spacial score (nSPS) is 20.2. The highest BCUT2D eigenvalue weighted by atomic mass is 16.5. The molecule has 5 heteroatoms. The monoisotopic (exact) mass is 311 g/mol. The van der Waals surface area contributed by atoms with Crippen LogP contribution in [0.4, 0.5) is 0 Å². The molecule has 0 radical (unpaired) electrons. The Labute approximate surface area is 136 Å². The van der Waals surface area contributed by atoms with Gasteiger partial charge in [0.25, 0.3) is 0 Å². The molecule has 5 nitrogen and oxygen atoms in total. The summed E-state index contributed by atoms with van der Waals surface area (Å²) in [6.07, 6.45) is 0. The van der Waals surface area contributed by atoms with E-state index in [-0.39, 0.29) is 17.9 Å². The van der Waals surface area contributed by atoms with E-state index in [9.17, 15) is 4.79 Å². The van der Waals surface area contributed by atoms with Crippen LogP contribution < -0.4 is 20.9 Å². The van der Waals surface area contributed by atoms with Crippen LogP contribution in [0.3, 0.4) is 0 Å². The van der Waals surface area contributed by atoms with Crippen LogP contribution in [0, 0.1) is 5.92 Å². The van der Waals surface area contributed by atoms with Crippen LogP contribution >= 0.6 is 0 Å². The van der Waals surface area contributed by atoms with Crippen molar-refractivity contribution in [2.24, 2.45) is 5.92 Å². The van der Waals surface area contributed by atoms with Crippen LogP contribution in [-0.2, 0) is 11.3 Å². The summed E-state index contributed by atoms with van der Waals surface area (Å²) in [6, 6.07) is 17.7. The van der Waals surface area contributed by atoms with Crippen molar-refractivity contribution in [3.8, 4) is 5.75 Å². The van der Waals surface area contributed by atoms with Gasteiger partial charge in [-0.2, -0.15) is 0 Å². The molecule has 2 unspecified atom stereocenters. The lowest BCUT2D eigenvalue weighted by Gasteiger charge is -2.19. The maximum atomic E-state index is 12.6. The zero-order valence-electron chi connectivity index (χ0n) is 13.1. The first-order valence-corrected chi connectivity index (χ1v) is 7.72. The number of benzene rings is 2. The molecule has 2 atom stereocenters. The average molecular weight is 311 g/mol. The van der Waals surface area contributed by atoms with Gasteiger partial charge < -0.3 is 10.1 Å². The van der Waals surface area contributed by atoms with E-state index < -0.39 is 0 Å². The quantitative estimate of drug-likeness (QED) is 0.788. The number of hydrogen-bond acceptors (Lipinski definition) is 4. The fourth-order valence-corrected chi connectivity index (χ4v) is 2.88. The molecule has 0 saturated carbocycles. The van der Waals surface area contributed by atoms with Gasteiger partial charge in [-0.15, -0.1) is 0 Å². The number of carbonyl (C=O) groups is 1. The van der Waals surface area contributed by atoms with Gasteiger partial charge >= 0.3 is 0 Å². The molecule has 2 aromatic rings. The molecule has 3 N–H and O–H groups in total. The second kappa shape index (κ2) is 7.26. The predicted molar refractivity (Wildman–Crippen MR) is 88.7 cm³/mol. The molecule has 23 heavy (non-hydrogen) atoms. The van der Waals surface area contributed by atoms with Gasteiger partial charge in [-0.25, -0.2) is 5.43 Å². The largest absolute Gasteiger partial charge is 0.496 e. The third kappa shape index (κ3) is 3.52. The number of rotatable bonds is 5. The Morgan fingerprint density at radius 3 is 2.70 bits per heavy atom. The molecule has 1 heterocycles. The summed E-state index contributed by atoms with van der Waals surface area (Å²) >= 11 is 0. The molecule has 1 aliphatic heterocycles. The standard InChI is InChI=1S/C18H21N3O2/c1-23-16-10-6-5-9-14(16)11-19-18(22)15-12-20-21-17(15)13-7-3-2-4-8-13/h2-10,15,17,20-21H,11-12H2,1H3,(H,19,22). The first-order chi connectivity index (χ1) is 11.3. The van der Waals surface area contributed by atoms with E-state index in [1.165, 1.54) is 0 Å². The highest BCUT2D eigenvalue weighted by molar-refractivity contribution is 5.80. The summed E-state index contributed by atoms with van der Waals surface area (Å²) < 4.78 is 5.32. The summed E-state index contributed by atoms with van der Waals surface area (Å²) in [5.74, 6) is 0.671. The van der Waals surface area contributed by atoms with Gasteiger partial charge in [-0.05, 0) is 11.6 Å². The lowest BCUT2D eigenvalue weighted by atomic mass is 9.94. The number of amides is 1. The molecule has 0 bridgehead atoms. The van der Waals surface area contributed by atoms with Crippen molar-refractivity contribution in [3.63, 3.8) is 0 Å². The van der Waals surface area contributed by atoms with Gasteiger partial charge in [0, 0.05) is 18.7 Å².